The van der Waals surface area contributed by atoms with Crippen LogP contribution in [-0.2, 0) is 0 Å². The number of nitrogens with zero attached hydrogens (tertiary/aromatic N) is 2. The summed E-state index contributed by atoms with van der Waals surface area (Å²) in [5.74, 6) is 1.88. The highest BCUT2D eigenvalue weighted by Gasteiger charge is 2.18. The summed E-state index contributed by atoms with van der Waals surface area (Å²) in [5.41, 5.74) is 1.25. The van der Waals surface area contributed by atoms with Crippen LogP contribution in [0.2, 0.25) is 0 Å². The van der Waals surface area contributed by atoms with Crippen molar-refractivity contribution in [3.05, 3.63) is 22.3 Å². The summed E-state index contributed by atoms with van der Waals surface area (Å²) in [4.78, 5) is 6.98. The molecule has 1 aromatic rings. The van der Waals surface area contributed by atoms with Gasteiger partial charge < -0.3 is 10.2 Å². The highest BCUT2D eigenvalue weighted by Crippen LogP contribution is 2.22. The van der Waals surface area contributed by atoms with Crippen molar-refractivity contribution in [3.63, 3.8) is 0 Å². The molecule has 0 aromatic carbocycles. The van der Waals surface area contributed by atoms with Gasteiger partial charge in [0.1, 0.15) is 5.82 Å². The van der Waals surface area contributed by atoms with E-state index in [1.807, 2.05) is 6.20 Å². The first-order valence-electron chi connectivity index (χ1n) is 6.78. The Labute approximate surface area is 118 Å². The fourth-order valence-corrected chi connectivity index (χ4v) is 3.07. The molecule has 1 unspecified atom stereocenters. The second kappa shape index (κ2) is 6.53. The van der Waals surface area contributed by atoms with Crippen molar-refractivity contribution >= 4 is 21.7 Å². The van der Waals surface area contributed by atoms with Crippen molar-refractivity contribution < 1.29 is 0 Å². The van der Waals surface area contributed by atoms with Crippen LogP contribution in [0.3, 0.4) is 0 Å². The summed E-state index contributed by atoms with van der Waals surface area (Å²) in [7, 11) is 0. The fourth-order valence-electron chi connectivity index (χ4n) is 2.62. The molecule has 1 saturated heterocycles. The Morgan fingerprint density at radius 1 is 1.56 bits per heavy atom. The van der Waals surface area contributed by atoms with Gasteiger partial charge in [0.25, 0.3) is 0 Å². The van der Waals surface area contributed by atoms with Crippen LogP contribution in [0.1, 0.15) is 25.3 Å². The molecule has 3 nitrogen and oxygen atoms in total. The van der Waals surface area contributed by atoms with E-state index in [0.717, 1.165) is 35.8 Å². The molecular weight excluding hydrogens is 290 g/mol. The summed E-state index contributed by atoms with van der Waals surface area (Å²) in [5, 5.41) is 3.48. The first-order valence-corrected chi connectivity index (χ1v) is 7.57. The summed E-state index contributed by atoms with van der Waals surface area (Å²) in [6, 6.07) is 2.14. The molecule has 0 bridgehead atoms. The first-order chi connectivity index (χ1) is 8.70. The Morgan fingerprint density at radius 3 is 3.00 bits per heavy atom. The quantitative estimate of drug-likeness (QED) is 0.926. The predicted molar refractivity (Wildman–Crippen MR) is 80.2 cm³/mol. The summed E-state index contributed by atoms with van der Waals surface area (Å²) in [6.45, 7) is 8.80. The molecule has 1 aliphatic heterocycles. The van der Waals surface area contributed by atoms with Crippen molar-refractivity contribution in [1.82, 2.24) is 10.3 Å². The van der Waals surface area contributed by atoms with Crippen LogP contribution in [0, 0.1) is 12.8 Å². The normalized spacial score (nSPS) is 19.8. The zero-order valence-corrected chi connectivity index (χ0v) is 12.8. The second-order valence-electron chi connectivity index (χ2n) is 5.05. The lowest BCUT2D eigenvalue weighted by molar-refractivity contribution is 0.377. The van der Waals surface area contributed by atoms with Gasteiger partial charge >= 0.3 is 0 Å². The summed E-state index contributed by atoms with van der Waals surface area (Å²) in [6.07, 6.45) is 4.53. The maximum atomic E-state index is 4.57. The molecule has 2 rings (SSSR count). The Bertz CT molecular complexity index is 389. The van der Waals surface area contributed by atoms with Gasteiger partial charge in [-0.1, -0.05) is 0 Å². The molecule has 1 aliphatic rings. The molecule has 1 aromatic heterocycles. The molecule has 2 heterocycles. The molecule has 100 valence electrons. The van der Waals surface area contributed by atoms with Crippen LogP contribution in [0.5, 0.6) is 0 Å². The summed E-state index contributed by atoms with van der Waals surface area (Å²) < 4.78 is 1.05. The smallest absolute Gasteiger partial charge is 0.131 e. The number of anilines is 1. The third kappa shape index (κ3) is 3.45. The molecule has 0 saturated carbocycles. The van der Waals surface area contributed by atoms with Gasteiger partial charge in [-0.25, -0.2) is 4.98 Å². The van der Waals surface area contributed by atoms with Gasteiger partial charge in [0.15, 0.2) is 0 Å². The average molecular weight is 312 g/mol. The number of hydrogen-bond acceptors (Lipinski definition) is 3. The SMILES string of the molecule is CCN(CC1CCCNC1)c1ncc(Br)cc1C. The molecular formula is C14H22BrN3. The van der Waals surface area contributed by atoms with E-state index in [1.165, 1.54) is 24.9 Å². The van der Waals surface area contributed by atoms with E-state index in [0.29, 0.717) is 0 Å². The minimum atomic E-state index is 0.753. The second-order valence-corrected chi connectivity index (χ2v) is 5.96. The van der Waals surface area contributed by atoms with Crippen molar-refractivity contribution in [3.8, 4) is 0 Å². The van der Waals surface area contributed by atoms with Crippen LogP contribution in [-0.4, -0.2) is 31.2 Å². The number of nitrogens with one attached hydrogen (secondary N) is 1. The third-order valence-corrected chi connectivity index (χ3v) is 4.01. The van der Waals surface area contributed by atoms with E-state index >= 15 is 0 Å². The standard InChI is InChI=1S/C14H22BrN3/c1-3-18(10-12-5-4-6-16-8-12)14-11(2)7-13(15)9-17-14/h7,9,12,16H,3-6,8,10H2,1-2H3. The molecule has 4 heteroatoms. The fraction of sp³-hybridized carbons (Fsp3) is 0.643. The van der Waals surface area contributed by atoms with Crippen LogP contribution < -0.4 is 10.2 Å². The van der Waals surface area contributed by atoms with Crippen molar-refractivity contribution in [1.29, 1.82) is 0 Å². The lowest BCUT2D eigenvalue weighted by atomic mass is 9.99. The Kier molecular flexibility index (Phi) is 5.01. The van der Waals surface area contributed by atoms with Crippen molar-refractivity contribution in [2.45, 2.75) is 26.7 Å². The number of piperidine rings is 1. The highest BCUT2D eigenvalue weighted by atomic mass is 79.9. The van der Waals surface area contributed by atoms with E-state index in [2.05, 4.69) is 51.0 Å². The molecule has 1 atom stereocenters. The number of rotatable bonds is 4. The van der Waals surface area contributed by atoms with E-state index in [-0.39, 0.29) is 0 Å². The number of aryl methyl sites for hydroxylation is 1. The number of aromatic nitrogens is 1. The highest BCUT2D eigenvalue weighted by molar-refractivity contribution is 9.10. The van der Waals surface area contributed by atoms with Gasteiger partial charge in [-0.05, 0) is 73.3 Å². The molecule has 0 aliphatic carbocycles. The predicted octanol–water partition coefficient (Wildman–Crippen LogP) is 2.98. The Morgan fingerprint density at radius 2 is 2.39 bits per heavy atom. The topological polar surface area (TPSA) is 28.2 Å². The average Bonchev–Trinajstić information content (AvgIpc) is 2.38. The molecule has 0 spiro atoms. The van der Waals surface area contributed by atoms with Crippen LogP contribution in [0.15, 0.2) is 16.7 Å². The summed E-state index contributed by atoms with van der Waals surface area (Å²) >= 11 is 3.47. The van der Waals surface area contributed by atoms with Gasteiger partial charge in [-0.2, -0.15) is 0 Å². The van der Waals surface area contributed by atoms with Crippen LogP contribution in [0.25, 0.3) is 0 Å². The first kappa shape index (κ1) is 13.8. The van der Waals surface area contributed by atoms with Gasteiger partial charge in [-0.15, -0.1) is 0 Å². The monoisotopic (exact) mass is 311 g/mol. The van der Waals surface area contributed by atoms with Gasteiger partial charge in [0, 0.05) is 23.8 Å². The maximum absolute atomic E-state index is 4.57. The van der Waals surface area contributed by atoms with E-state index in [4.69, 9.17) is 0 Å². The number of pyridine rings is 1. The van der Waals surface area contributed by atoms with Crippen LogP contribution in [0.4, 0.5) is 5.82 Å². The van der Waals surface area contributed by atoms with E-state index in [1.54, 1.807) is 0 Å². The molecule has 1 N–H and O–H groups in total. The van der Waals surface area contributed by atoms with Gasteiger partial charge in [0.05, 0.1) is 0 Å². The molecule has 0 radical (unpaired) electrons. The molecule has 0 amide bonds. The lowest BCUT2D eigenvalue weighted by Gasteiger charge is -2.31. The van der Waals surface area contributed by atoms with E-state index in [9.17, 15) is 0 Å². The van der Waals surface area contributed by atoms with E-state index < -0.39 is 0 Å². The Balaban J connectivity index is 2.07. The molecule has 18 heavy (non-hydrogen) atoms. The largest absolute Gasteiger partial charge is 0.356 e. The zero-order valence-electron chi connectivity index (χ0n) is 11.2. The third-order valence-electron chi connectivity index (χ3n) is 3.58. The zero-order chi connectivity index (χ0) is 13.0. The maximum Gasteiger partial charge on any atom is 0.131 e. The van der Waals surface area contributed by atoms with Crippen molar-refractivity contribution in [2.75, 3.05) is 31.1 Å². The van der Waals surface area contributed by atoms with Gasteiger partial charge in [-0.3, -0.25) is 0 Å². The van der Waals surface area contributed by atoms with Crippen molar-refractivity contribution in [2.24, 2.45) is 5.92 Å². The molecule has 1 fully saturated rings. The lowest BCUT2D eigenvalue weighted by Crippen LogP contribution is -2.38. The van der Waals surface area contributed by atoms with Crippen LogP contribution >= 0.6 is 15.9 Å². The minimum Gasteiger partial charge on any atom is -0.356 e. The number of halogens is 1. The van der Waals surface area contributed by atoms with Gasteiger partial charge in [0.2, 0.25) is 0 Å². The minimum absolute atomic E-state index is 0.753. The Hall–Kier alpha value is -0.610. The number of hydrogen-bond donors (Lipinski definition) is 1.